The molecule has 0 unspecified atom stereocenters. The highest BCUT2D eigenvalue weighted by Gasteiger charge is 2.34. The first-order valence-corrected chi connectivity index (χ1v) is 11.2. The van der Waals surface area contributed by atoms with E-state index < -0.39 is 0 Å². The van der Waals surface area contributed by atoms with Crippen LogP contribution in [0.3, 0.4) is 0 Å². The lowest BCUT2D eigenvalue weighted by Crippen LogP contribution is -2.28. The predicted molar refractivity (Wildman–Crippen MR) is 131 cm³/mol. The number of hydrogen-bond acceptors (Lipinski definition) is 7. The van der Waals surface area contributed by atoms with Gasteiger partial charge < -0.3 is 14.3 Å². The number of nitrogens with zero attached hydrogens (tertiary/aromatic N) is 3. The molecule has 1 saturated heterocycles. The van der Waals surface area contributed by atoms with Crippen LogP contribution in [0, 0.1) is 0 Å². The lowest BCUT2D eigenvalue weighted by molar-refractivity contribution is -0.122. The summed E-state index contributed by atoms with van der Waals surface area (Å²) in [4.78, 5) is 15.0. The van der Waals surface area contributed by atoms with Gasteiger partial charge in [0.1, 0.15) is 5.76 Å². The summed E-state index contributed by atoms with van der Waals surface area (Å²) >= 11 is 13.6. The van der Waals surface area contributed by atoms with Gasteiger partial charge in [0.25, 0.3) is 5.91 Å². The fourth-order valence-corrected chi connectivity index (χ4v) is 4.26. The van der Waals surface area contributed by atoms with Crippen molar-refractivity contribution in [3.05, 3.63) is 86.6 Å². The Bertz CT molecular complexity index is 1270. The molecule has 7 nitrogen and oxygen atoms in total. The van der Waals surface area contributed by atoms with E-state index in [0.717, 1.165) is 0 Å². The van der Waals surface area contributed by atoms with Crippen molar-refractivity contribution < 1.29 is 19.1 Å². The molecular formula is C23H17Cl2N3O4S. The topological polar surface area (TPSA) is 87.6 Å². The second-order valence-corrected chi connectivity index (χ2v) is 8.58. The van der Waals surface area contributed by atoms with Crippen LogP contribution in [0.1, 0.15) is 16.9 Å². The molecule has 1 aromatic heterocycles. The molecule has 1 amide bonds. The molecule has 4 rings (SSSR count). The minimum absolute atomic E-state index is 0.0250. The highest BCUT2D eigenvalue weighted by molar-refractivity contribution is 8.18. The molecule has 168 valence electrons. The quantitative estimate of drug-likeness (QED) is 0.261. The van der Waals surface area contributed by atoms with Crippen LogP contribution < -0.4 is 4.74 Å². The molecule has 1 N–H and O–H groups in total. The smallest absolute Gasteiger partial charge is 0.267 e. The number of ether oxygens (including phenoxy) is 1. The normalized spacial score (nSPS) is 16.5. The molecule has 10 heteroatoms. The summed E-state index contributed by atoms with van der Waals surface area (Å²) < 4.78 is 10.5. The number of carbonyl (C=O) groups excluding carboxylic acids is 1. The number of thioether (sulfide) groups is 1. The number of rotatable bonds is 6. The third kappa shape index (κ3) is 5.24. The maximum Gasteiger partial charge on any atom is 0.267 e. The molecule has 1 fully saturated rings. The van der Waals surface area contributed by atoms with Gasteiger partial charge in [0.15, 0.2) is 16.7 Å². The molecule has 3 aromatic rings. The molecule has 33 heavy (non-hydrogen) atoms. The molecule has 1 aliphatic rings. The van der Waals surface area contributed by atoms with E-state index in [9.17, 15) is 9.90 Å². The summed E-state index contributed by atoms with van der Waals surface area (Å²) in [6, 6.07) is 13.5. The highest BCUT2D eigenvalue weighted by atomic mass is 35.5. The molecule has 0 aliphatic carbocycles. The number of benzene rings is 2. The van der Waals surface area contributed by atoms with Gasteiger partial charge in [-0.2, -0.15) is 5.10 Å². The van der Waals surface area contributed by atoms with Gasteiger partial charge in [-0.1, -0.05) is 35.3 Å². The second kappa shape index (κ2) is 10.2. The van der Waals surface area contributed by atoms with E-state index >= 15 is 0 Å². The standard InChI is InChI=1S/C23H17Cl2N3O4S/c1-31-19-10-14(7-8-18(19)29)12-26-27-23-28(13-16-5-3-9-32-16)22(30)20(33-23)11-15-4-2-6-17(24)21(15)25/h2-12,29H,13H2,1H3/b20-11-,26-12+,27-23-. The van der Waals surface area contributed by atoms with Crippen molar-refractivity contribution in [1.82, 2.24) is 4.90 Å². The van der Waals surface area contributed by atoms with E-state index in [0.29, 0.717) is 42.8 Å². The number of amides is 1. The number of carbonyl (C=O) groups is 1. The first kappa shape index (κ1) is 23.0. The van der Waals surface area contributed by atoms with Crippen molar-refractivity contribution >= 4 is 58.3 Å². The zero-order valence-electron chi connectivity index (χ0n) is 17.2. The van der Waals surface area contributed by atoms with Gasteiger partial charge >= 0.3 is 0 Å². The Morgan fingerprint density at radius 3 is 2.82 bits per heavy atom. The lowest BCUT2D eigenvalue weighted by Gasteiger charge is -2.12. The van der Waals surface area contributed by atoms with Crippen LogP contribution in [0.25, 0.3) is 6.08 Å². The van der Waals surface area contributed by atoms with Gasteiger partial charge in [0, 0.05) is 0 Å². The number of hydrogen-bond donors (Lipinski definition) is 1. The average Bonchev–Trinajstić information content (AvgIpc) is 3.42. The fraction of sp³-hybridized carbons (Fsp3) is 0.0870. The molecule has 0 bridgehead atoms. The van der Waals surface area contributed by atoms with Gasteiger partial charge in [0.2, 0.25) is 0 Å². The third-order valence-corrected chi connectivity index (χ3v) is 6.43. The largest absolute Gasteiger partial charge is 0.504 e. The van der Waals surface area contributed by atoms with E-state index in [-0.39, 0.29) is 18.2 Å². The van der Waals surface area contributed by atoms with E-state index in [2.05, 4.69) is 10.2 Å². The number of aromatic hydroxyl groups is 1. The Morgan fingerprint density at radius 1 is 1.21 bits per heavy atom. The second-order valence-electron chi connectivity index (χ2n) is 6.78. The van der Waals surface area contributed by atoms with Gasteiger partial charge in [-0.15, -0.1) is 5.10 Å². The molecule has 0 atom stereocenters. The van der Waals surface area contributed by atoms with Gasteiger partial charge in [-0.25, -0.2) is 0 Å². The number of methoxy groups -OCH3 is 1. The van der Waals surface area contributed by atoms with E-state index in [4.69, 9.17) is 32.4 Å². The molecule has 0 spiro atoms. The van der Waals surface area contributed by atoms with Crippen molar-refractivity contribution in [3.63, 3.8) is 0 Å². The number of phenolic OH excluding ortho intramolecular Hbond substituents is 1. The van der Waals surface area contributed by atoms with E-state index in [1.165, 1.54) is 36.1 Å². The Labute approximate surface area is 204 Å². The Kier molecular flexibility index (Phi) is 7.08. The molecule has 1 aliphatic heterocycles. The molecule has 0 saturated carbocycles. The predicted octanol–water partition coefficient (Wildman–Crippen LogP) is 5.81. The van der Waals surface area contributed by atoms with Crippen molar-refractivity contribution in [2.24, 2.45) is 10.2 Å². The Morgan fingerprint density at radius 2 is 2.06 bits per heavy atom. The summed E-state index contributed by atoms with van der Waals surface area (Å²) in [5.41, 5.74) is 1.29. The van der Waals surface area contributed by atoms with Crippen molar-refractivity contribution in [3.8, 4) is 11.5 Å². The first-order chi connectivity index (χ1) is 16.0. The zero-order valence-corrected chi connectivity index (χ0v) is 19.6. The fourth-order valence-electron chi connectivity index (χ4n) is 2.97. The summed E-state index contributed by atoms with van der Waals surface area (Å²) in [5.74, 6) is 0.690. The Balaban J connectivity index is 1.64. The van der Waals surface area contributed by atoms with Crippen LogP contribution in [0.5, 0.6) is 11.5 Å². The number of phenols is 1. The summed E-state index contributed by atoms with van der Waals surface area (Å²) in [6.45, 7) is 0.195. The summed E-state index contributed by atoms with van der Waals surface area (Å²) in [7, 11) is 1.46. The molecular weight excluding hydrogens is 485 g/mol. The van der Waals surface area contributed by atoms with Crippen LogP contribution in [-0.2, 0) is 11.3 Å². The first-order valence-electron chi connectivity index (χ1n) is 9.62. The third-order valence-electron chi connectivity index (χ3n) is 4.60. The number of furan rings is 1. The van der Waals surface area contributed by atoms with Crippen LogP contribution in [0.15, 0.2) is 74.3 Å². The highest BCUT2D eigenvalue weighted by Crippen LogP contribution is 2.36. The van der Waals surface area contributed by atoms with E-state index in [1.807, 2.05) is 0 Å². The van der Waals surface area contributed by atoms with Crippen LogP contribution in [-0.4, -0.2) is 34.4 Å². The SMILES string of the molecule is COc1cc(/C=N/N=C2\S/C(=C\c3cccc(Cl)c3Cl)C(=O)N2Cc2ccco2)ccc1O. The Hall–Kier alpha value is -3.20. The number of halogens is 2. The van der Waals surface area contributed by atoms with Crippen molar-refractivity contribution in [2.45, 2.75) is 6.54 Å². The maximum atomic E-state index is 13.1. The minimum atomic E-state index is -0.257. The summed E-state index contributed by atoms with van der Waals surface area (Å²) in [5, 5.41) is 19.2. The van der Waals surface area contributed by atoms with Crippen LogP contribution in [0.4, 0.5) is 0 Å². The molecule has 0 radical (unpaired) electrons. The van der Waals surface area contributed by atoms with Gasteiger partial charge in [-0.05, 0) is 65.4 Å². The van der Waals surface area contributed by atoms with Crippen molar-refractivity contribution in [2.75, 3.05) is 7.11 Å². The summed E-state index contributed by atoms with van der Waals surface area (Å²) in [6.07, 6.45) is 4.72. The monoisotopic (exact) mass is 501 g/mol. The zero-order chi connectivity index (χ0) is 23.4. The molecule has 2 heterocycles. The maximum absolute atomic E-state index is 13.1. The van der Waals surface area contributed by atoms with Crippen LogP contribution in [0.2, 0.25) is 10.0 Å². The molecule has 2 aromatic carbocycles. The van der Waals surface area contributed by atoms with Crippen LogP contribution >= 0.6 is 35.0 Å². The minimum Gasteiger partial charge on any atom is -0.504 e. The number of amidine groups is 1. The van der Waals surface area contributed by atoms with Gasteiger partial charge in [0.05, 0.1) is 41.1 Å². The van der Waals surface area contributed by atoms with Gasteiger partial charge in [-0.3, -0.25) is 9.69 Å². The van der Waals surface area contributed by atoms with E-state index in [1.54, 1.807) is 54.8 Å². The lowest BCUT2D eigenvalue weighted by atomic mass is 10.2. The van der Waals surface area contributed by atoms with Crippen molar-refractivity contribution in [1.29, 1.82) is 0 Å². The average molecular weight is 502 g/mol.